The van der Waals surface area contributed by atoms with Gasteiger partial charge < -0.3 is 9.64 Å². The lowest BCUT2D eigenvalue weighted by Crippen LogP contribution is -2.28. The van der Waals surface area contributed by atoms with Crippen LogP contribution in [0.15, 0.2) is 34.1 Å². The zero-order chi connectivity index (χ0) is 21.4. The van der Waals surface area contributed by atoms with E-state index in [9.17, 15) is 4.79 Å². The highest BCUT2D eigenvalue weighted by Crippen LogP contribution is 2.31. The van der Waals surface area contributed by atoms with E-state index in [0.29, 0.717) is 24.2 Å². The number of likely N-dealkylation sites (tertiary alicyclic amines) is 1. The van der Waals surface area contributed by atoms with Crippen LogP contribution in [-0.2, 0) is 4.79 Å². The average molecular weight is 428 g/mol. The Morgan fingerprint density at radius 3 is 2.83 bits per heavy atom. The molecule has 7 nitrogen and oxygen atoms in total. The Bertz CT molecular complexity index is 1040. The van der Waals surface area contributed by atoms with Gasteiger partial charge in [-0.15, -0.1) is 0 Å². The van der Waals surface area contributed by atoms with Crippen LogP contribution in [0.4, 0.5) is 0 Å². The van der Waals surface area contributed by atoms with Crippen LogP contribution in [0.1, 0.15) is 37.7 Å². The first-order chi connectivity index (χ1) is 14.3. The minimum Gasteiger partial charge on any atom is -0.472 e. The average Bonchev–Trinajstić information content (AvgIpc) is 3.28. The van der Waals surface area contributed by atoms with Gasteiger partial charge in [0.2, 0.25) is 5.88 Å². The van der Waals surface area contributed by atoms with Gasteiger partial charge in [-0.1, -0.05) is 11.6 Å². The number of carbonyl (C=O) groups excluding carboxylic acids is 1. The van der Waals surface area contributed by atoms with Gasteiger partial charge in [0.25, 0.3) is 0 Å². The number of ketones is 1. The monoisotopic (exact) mass is 427 g/mol. The van der Waals surface area contributed by atoms with E-state index >= 15 is 0 Å². The normalized spacial score (nSPS) is 19.3. The van der Waals surface area contributed by atoms with E-state index in [1.54, 1.807) is 12.4 Å². The summed E-state index contributed by atoms with van der Waals surface area (Å²) in [5.41, 5.74) is 4.99. The van der Waals surface area contributed by atoms with E-state index in [0.717, 1.165) is 35.5 Å². The van der Waals surface area contributed by atoms with E-state index in [4.69, 9.17) is 16.3 Å². The molecule has 158 valence electrons. The van der Waals surface area contributed by atoms with Gasteiger partial charge in [0.1, 0.15) is 17.7 Å². The number of pyridine rings is 1. The summed E-state index contributed by atoms with van der Waals surface area (Å²) in [5.74, 6) is 0.449. The zero-order valence-electron chi connectivity index (χ0n) is 17.7. The lowest BCUT2D eigenvalue weighted by molar-refractivity contribution is -0.113. The molecule has 0 aromatic carbocycles. The maximum absolute atomic E-state index is 11.8. The maximum Gasteiger partial charge on any atom is 0.214 e. The molecule has 2 aliphatic rings. The van der Waals surface area contributed by atoms with Crippen LogP contribution in [0, 0.1) is 13.8 Å². The molecule has 0 radical (unpaired) electrons. The number of aryl methyl sites for hydroxylation is 1. The van der Waals surface area contributed by atoms with Gasteiger partial charge in [-0.05, 0) is 39.3 Å². The number of hydrogen-bond acceptors (Lipinski definition) is 6. The molecule has 4 rings (SSSR count). The van der Waals surface area contributed by atoms with E-state index in [-0.39, 0.29) is 23.5 Å². The Morgan fingerprint density at radius 2 is 2.10 bits per heavy atom. The number of aliphatic imine (C=N–C) groups is 1. The molecule has 4 heterocycles. The molecule has 0 unspecified atom stereocenters. The summed E-state index contributed by atoms with van der Waals surface area (Å²) < 4.78 is 8.23. The van der Waals surface area contributed by atoms with Gasteiger partial charge in [0, 0.05) is 48.7 Å². The molecule has 2 aliphatic heterocycles. The van der Waals surface area contributed by atoms with Gasteiger partial charge in [0.15, 0.2) is 5.78 Å². The van der Waals surface area contributed by atoms with Gasteiger partial charge in [0.05, 0.1) is 17.9 Å². The van der Waals surface area contributed by atoms with E-state index in [1.807, 2.05) is 23.7 Å². The maximum atomic E-state index is 11.8. The fourth-order valence-electron chi connectivity index (χ4n) is 4.13. The van der Waals surface area contributed by atoms with Crippen LogP contribution >= 0.6 is 11.6 Å². The topological polar surface area (TPSA) is 72.6 Å². The van der Waals surface area contributed by atoms with Crippen LogP contribution in [0.25, 0.3) is 11.1 Å². The lowest BCUT2D eigenvalue weighted by atomic mass is 10.1. The van der Waals surface area contributed by atoms with Crippen LogP contribution in [0.5, 0.6) is 5.88 Å². The first-order valence-electron chi connectivity index (χ1n) is 10.2. The molecule has 0 amide bonds. The Balaban J connectivity index is 1.51. The number of nitrogens with zero attached hydrogens (tertiary/aromatic N) is 5. The fourth-order valence-corrected chi connectivity index (χ4v) is 4.36. The molecule has 8 heteroatoms. The first-order valence-corrected chi connectivity index (χ1v) is 10.6. The van der Waals surface area contributed by atoms with Crippen LogP contribution < -0.4 is 4.74 Å². The third-order valence-electron chi connectivity index (χ3n) is 5.53. The predicted octanol–water partition coefficient (Wildman–Crippen LogP) is 3.70. The molecule has 1 saturated heterocycles. The van der Waals surface area contributed by atoms with Crippen molar-refractivity contribution in [3.8, 4) is 17.0 Å². The number of rotatable bonds is 5. The highest BCUT2D eigenvalue weighted by molar-refractivity contribution is 6.44. The second-order valence-corrected chi connectivity index (χ2v) is 8.41. The lowest BCUT2D eigenvalue weighted by Gasteiger charge is -2.22. The number of allylic oxidation sites excluding steroid dienone is 1. The van der Waals surface area contributed by atoms with Crippen molar-refractivity contribution < 1.29 is 9.53 Å². The quantitative estimate of drug-likeness (QED) is 0.727. The van der Waals surface area contributed by atoms with Crippen molar-refractivity contribution in [3.63, 3.8) is 0 Å². The number of aromatic nitrogens is 3. The molecular weight excluding hydrogens is 402 g/mol. The number of dihydropyridines is 1. The highest BCUT2D eigenvalue weighted by atomic mass is 35.5. The van der Waals surface area contributed by atoms with Crippen LogP contribution in [0.2, 0.25) is 0 Å². The summed E-state index contributed by atoms with van der Waals surface area (Å²) >= 11 is 6.20. The molecule has 0 aliphatic carbocycles. The third-order valence-corrected chi connectivity index (χ3v) is 5.93. The number of carbonyl (C=O) groups is 1. The summed E-state index contributed by atoms with van der Waals surface area (Å²) in [6, 6.07) is 4.27. The van der Waals surface area contributed by atoms with Gasteiger partial charge in [-0.25, -0.2) is 4.98 Å². The van der Waals surface area contributed by atoms with Crippen molar-refractivity contribution in [1.82, 2.24) is 19.7 Å². The van der Waals surface area contributed by atoms with Gasteiger partial charge in [-0.3, -0.25) is 14.5 Å². The number of hydrogen-bond donors (Lipinski definition) is 0. The second kappa shape index (κ2) is 8.22. The molecular formula is C22H26ClN5O2. The molecule has 30 heavy (non-hydrogen) atoms. The summed E-state index contributed by atoms with van der Waals surface area (Å²) in [6.07, 6.45) is 4.25. The van der Waals surface area contributed by atoms with Crippen LogP contribution in [-0.4, -0.2) is 57.4 Å². The largest absolute Gasteiger partial charge is 0.472 e. The van der Waals surface area contributed by atoms with Crippen molar-refractivity contribution in [2.45, 2.75) is 46.3 Å². The standard InChI is InChI=1S/C22H26ClN5O2/c1-13(2)28-15(4)21(14(3)26-28)16-5-7-25-20(9-16)30-17-6-8-27(12-17)18-10-24-11-19(29)22(18)23/h5,7,9-10,13,17H,6,8,11-12H2,1-4H3/t17-/m1/s1. The SMILES string of the molecule is Cc1nn(C(C)C)c(C)c1-c1ccnc(O[C@@H]2CCN(C3=C(Cl)C(=O)CN=C3)C2)c1. The Hall–Kier alpha value is -2.67. The van der Waals surface area contributed by atoms with Crippen molar-refractivity contribution >= 4 is 23.6 Å². The third kappa shape index (κ3) is 3.86. The van der Waals surface area contributed by atoms with Crippen molar-refractivity contribution in [2.24, 2.45) is 4.99 Å². The molecule has 1 atom stereocenters. The summed E-state index contributed by atoms with van der Waals surface area (Å²) in [7, 11) is 0. The molecule has 0 spiro atoms. The molecule has 1 fully saturated rings. The summed E-state index contributed by atoms with van der Waals surface area (Å²) in [5, 5.41) is 4.95. The van der Waals surface area contributed by atoms with E-state index < -0.39 is 0 Å². The van der Waals surface area contributed by atoms with E-state index in [1.165, 1.54) is 0 Å². The second-order valence-electron chi connectivity index (χ2n) is 8.03. The van der Waals surface area contributed by atoms with Gasteiger partial charge in [-0.2, -0.15) is 5.10 Å². The molecule has 0 saturated carbocycles. The molecule has 0 bridgehead atoms. The summed E-state index contributed by atoms with van der Waals surface area (Å²) in [4.78, 5) is 22.4. The Kier molecular flexibility index (Phi) is 5.64. The van der Waals surface area contributed by atoms with Crippen molar-refractivity contribution in [2.75, 3.05) is 19.6 Å². The fraction of sp³-hybridized carbons (Fsp3) is 0.455. The van der Waals surface area contributed by atoms with Crippen LogP contribution in [0.3, 0.4) is 0 Å². The minimum atomic E-state index is -0.138. The summed E-state index contributed by atoms with van der Waals surface area (Å²) in [6.45, 7) is 9.90. The number of ether oxygens (including phenoxy) is 1. The number of Topliss-reactive ketones (excluding diaryl/α,β-unsaturated/α-hetero) is 1. The zero-order valence-corrected chi connectivity index (χ0v) is 18.5. The van der Waals surface area contributed by atoms with E-state index in [2.05, 4.69) is 40.7 Å². The van der Waals surface area contributed by atoms with Gasteiger partial charge >= 0.3 is 0 Å². The molecule has 0 N–H and O–H groups in total. The molecule has 2 aromatic heterocycles. The Labute approximate surface area is 181 Å². The predicted molar refractivity (Wildman–Crippen MR) is 117 cm³/mol. The first kappa shape index (κ1) is 20.6. The Morgan fingerprint density at radius 1 is 1.30 bits per heavy atom. The molecule has 2 aromatic rings. The minimum absolute atomic E-state index is 0.0317. The van der Waals surface area contributed by atoms with Crippen molar-refractivity contribution in [1.29, 1.82) is 0 Å². The van der Waals surface area contributed by atoms with Crippen molar-refractivity contribution in [3.05, 3.63) is 40.4 Å². The smallest absolute Gasteiger partial charge is 0.214 e. The highest BCUT2D eigenvalue weighted by Gasteiger charge is 2.29. The number of halogens is 1.